The molecule has 0 unspecified atom stereocenters. The van der Waals surface area contributed by atoms with Crippen LogP contribution in [0.25, 0.3) is 0 Å². The maximum Gasteiger partial charge on any atom is 0.433 e. The Morgan fingerprint density at radius 1 is 0.857 bits per heavy atom. The minimum absolute atomic E-state index is 0.162. The first kappa shape index (κ1) is 17.4. The van der Waals surface area contributed by atoms with E-state index in [0.29, 0.717) is 6.42 Å². The first-order valence-corrected chi connectivity index (χ1v) is 5.76. The fourth-order valence-electron chi connectivity index (χ4n) is 1.47. The number of benzene rings is 1. The molecule has 0 bridgehead atoms. The van der Waals surface area contributed by atoms with E-state index in [1.165, 1.54) is 0 Å². The van der Waals surface area contributed by atoms with Crippen LogP contribution in [0.3, 0.4) is 0 Å². The van der Waals surface area contributed by atoms with E-state index >= 15 is 0 Å². The average molecular weight is 319 g/mol. The van der Waals surface area contributed by atoms with Crippen LogP contribution >= 0.6 is 0 Å². The standard InChI is InChI=1S/C12H9F8N/c1-2-3-4-21-11(12(18,19)20)5-6(13)8(15)10(17)9(16)7(5)14/h2-4H2,1H3. The van der Waals surface area contributed by atoms with Gasteiger partial charge in [0.1, 0.15) is 0 Å². The zero-order chi connectivity index (χ0) is 16.4. The molecule has 0 heterocycles. The first-order valence-electron chi connectivity index (χ1n) is 5.76. The Labute approximate surface area is 114 Å². The van der Waals surface area contributed by atoms with Gasteiger partial charge in [-0.05, 0) is 6.42 Å². The summed E-state index contributed by atoms with van der Waals surface area (Å²) in [6, 6.07) is 0. The second-order valence-electron chi connectivity index (χ2n) is 4.03. The van der Waals surface area contributed by atoms with E-state index < -0.39 is 53.1 Å². The van der Waals surface area contributed by atoms with Crippen LogP contribution in [0, 0.1) is 29.1 Å². The van der Waals surface area contributed by atoms with Gasteiger partial charge in [0.2, 0.25) is 5.82 Å². The lowest BCUT2D eigenvalue weighted by molar-refractivity contribution is -0.0586. The Kier molecular flexibility index (Phi) is 5.30. The summed E-state index contributed by atoms with van der Waals surface area (Å²) in [5, 5.41) is 0. The highest BCUT2D eigenvalue weighted by Gasteiger charge is 2.42. The molecule has 0 atom stereocenters. The van der Waals surface area contributed by atoms with Crippen molar-refractivity contribution >= 4 is 5.71 Å². The molecule has 0 spiro atoms. The van der Waals surface area contributed by atoms with Crippen LogP contribution < -0.4 is 0 Å². The molecule has 1 rings (SSSR count). The van der Waals surface area contributed by atoms with Gasteiger partial charge in [-0.25, -0.2) is 22.0 Å². The predicted molar refractivity (Wildman–Crippen MR) is 58.6 cm³/mol. The van der Waals surface area contributed by atoms with Crippen molar-refractivity contribution in [2.45, 2.75) is 25.9 Å². The maximum atomic E-state index is 13.4. The number of hydrogen-bond acceptors (Lipinski definition) is 1. The molecule has 0 saturated heterocycles. The minimum Gasteiger partial charge on any atom is -0.280 e. The molecule has 0 amide bonds. The van der Waals surface area contributed by atoms with Crippen LogP contribution in [0.2, 0.25) is 0 Å². The fourth-order valence-corrected chi connectivity index (χ4v) is 1.47. The summed E-state index contributed by atoms with van der Waals surface area (Å²) in [5.41, 5.74) is -4.18. The summed E-state index contributed by atoms with van der Waals surface area (Å²) < 4.78 is 104. The van der Waals surface area contributed by atoms with Gasteiger partial charge in [-0.1, -0.05) is 13.3 Å². The van der Waals surface area contributed by atoms with Gasteiger partial charge in [-0.2, -0.15) is 13.2 Å². The molecule has 0 aliphatic carbocycles. The lowest BCUT2D eigenvalue weighted by atomic mass is 10.1. The van der Waals surface area contributed by atoms with Crippen molar-refractivity contribution < 1.29 is 35.1 Å². The smallest absolute Gasteiger partial charge is 0.280 e. The van der Waals surface area contributed by atoms with Gasteiger partial charge in [0, 0.05) is 6.54 Å². The zero-order valence-corrected chi connectivity index (χ0v) is 10.6. The molecule has 0 aromatic heterocycles. The first-order chi connectivity index (χ1) is 9.62. The average Bonchev–Trinajstić information content (AvgIpc) is 2.40. The molecule has 118 valence electrons. The third-order valence-electron chi connectivity index (χ3n) is 2.50. The van der Waals surface area contributed by atoms with Crippen LogP contribution in [-0.2, 0) is 0 Å². The molecule has 21 heavy (non-hydrogen) atoms. The molecule has 0 aliphatic heterocycles. The van der Waals surface area contributed by atoms with Crippen LogP contribution in [-0.4, -0.2) is 18.4 Å². The maximum absolute atomic E-state index is 13.4. The fraction of sp³-hybridized carbons (Fsp3) is 0.417. The third kappa shape index (κ3) is 3.51. The van der Waals surface area contributed by atoms with Crippen molar-refractivity contribution in [3.63, 3.8) is 0 Å². The second-order valence-corrected chi connectivity index (χ2v) is 4.03. The molecule has 1 aromatic carbocycles. The molecular weight excluding hydrogens is 310 g/mol. The predicted octanol–water partition coefficient (Wildman–Crippen LogP) is 4.53. The van der Waals surface area contributed by atoms with Crippen molar-refractivity contribution in [3.8, 4) is 0 Å². The number of unbranched alkanes of at least 4 members (excludes halogenated alkanes) is 1. The highest BCUT2D eigenvalue weighted by Crippen LogP contribution is 2.30. The number of alkyl halides is 3. The lowest BCUT2D eigenvalue weighted by Crippen LogP contribution is -2.28. The van der Waals surface area contributed by atoms with Gasteiger partial charge >= 0.3 is 6.18 Å². The number of nitrogens with zero attached hydrogens (tertiary/aromatic N) is 1. The molecule has 1 nitrogen and oxygen atoms in total. The van der Waals surface area contributed by atoms with Gasteiger partial charge in [-0.15, -0.1) is 0 Å². The number of hydrogen-bond donors (Lipinski definition) is 0. The van der Waals surface area contributed by atoms with E-state index in [0.717, 1.165) is 0 Å². The van der Waals surface area contributed by atoms with E-state index in [4.69, 9.17) is 0 Å². The van der Waals surface area contributed by atoms with Crippen LogP contribution in [0.4, 0.5) is 35.1 Å². The Bertz CT molecular complexity index is 532. The highest BCUT2D eigenvalue weighted by molar-refractivity contribution is 6.05. The Hall–Kier alpha value is -1.67. The van der Waals surface area contributed by atoms with Crippen molar-refractivity contribution in [2.75, 3.05) is 6.54 Å². The largest absolute Gasteiger partial charge is 0.433 e. The number of aliphatic imine (C=N–C) groups is 1. The van der Waals surface area contributed by atoms with Gasteiger partial charge in [0.05, 0.1) is 5.56 Å². The molecule has 0 saturated carbocycles. The molecule has 0 fully saturated rings. The van der Waals surface area contributed by atoms with E-state index in [1.54, 1.807) is 6.92 Å². The molecule has 9 heteroatoms. The normalized spacial score (nSPS) is 12.9. The summed E-state index contributed by atoms with van der Waals surface area (Å²) in [6.45, 7) is 1.17. The van der Waals surface area contributed by atoms with Crippen LogP contribution in [0.5, 0.6) is 0 Å². The summed E-state index contributed by atoms with van der Waals surface area (Å²) in [6.07, 6.45) is -4.76. The van der Waals surface area contributed by atoms with Crippen molar-refractivity contribution in [3.05, 3.63) is 34.6 Å². The molecule has 0 aliphatic rings. The van der Waals surface area contributed by atoms with Crippen molar-refractivity contribution in [1.82, 2.24) is 0 Å². The molecule has 1 aromatic rings. The van der Waals surface area contributed by atoms with E-state index in [2.05, 4.69) is 4.99 Å². The monoisotopic (exact) mass is 319 g/mol. The minimum atomic E-state index is -5.36. The topological polar surface area (TPSA) is 12.4 Å². The van der Waals surface area contributed by atoms with Gasteiger partial charge in [-0.3, -0.25) is 4.99 Å². The Morgan fingerprint density at radius 3 is 1.67 bits per heavy atom. The SMILES string of the molecule is CCCCN=C(c1c(F)c(F)c(F)c(F)c1F)C(F)(F)F. The summed E-state index contributed by atoms with van der Waals surface area (Å²) in [4.78, 5) is 2.94. The van der Waals surface area contributed by atoms with E-state index in [-0.39, 0.29) is 6.42 Å². The van der Waals surface area contributed by atoms with Crippen LogP contribution in [0.15, 0.2) is 4.99 Å². The Balaban J connectivity index is 3.56. The van der Waals surface area contributed by atoms with Crippen LogP contribution in [0.1, 0.15) is 25.3 Å². The quantitative estimate of drug-likeness (QED) is 0.254. The molecule has 0 radical (unpaired) electrons. The van der Waals surface area contributed by atoms with Gasteiger partial charge in [0.15, 0.2) is 29.0 Å². The molecule has 0 N–H and O–H groups in total. The Morgan fingerprint density at radius 2 is 1.29 bits per heavy atom. The van der Waals surface area contributed by atoms with Gasteiger partial charge < -0.3 is 0 Å². The number of rotatable bonds is 4. The summed E-state index contributed by atoms with van der Waals surface area (Å²) in [7, 11) is 0. The summed E-state index contributed by atoms with van der Waals surface area (Å²) in [5.74, 6) is -12.5. The highest BCUT2D eigenvalue weighted by atomic mass is 19.4. The third-order valence-corrected chi connectivity index (χ3v) is 2.50. The van der Waals surface area contributed by atoms with Crippen molar-refractivity contribution in [1.29, 1.82) is 0 Å². The lowest BCUT2D eigenvalue weighted by Gasteiger charge is -2.14. The summed E-state index contributed by atoms with van der Waals surface area (Å²) >= 11 is 0. The second kappa shape index (κ2) is 6.40. The van der Waals surface area contributed by atoms with Crippen molar-refractivity contribution in [2.24, 2.45) is 4.99 Å². The zero-order valence-electron chi connectivity index (χ0n) is 10.6. The molecular formula is C12H9F8N. The number of halogens is 8. The van der Waals surface area contributed by atoms with E-state index in [9.17, 15) is 35.1 Å². The van der Waals surface area contributed by atoms with Gasteiger partial charge in [0.25, 0.3) is 0 Å². The van der Waals surface area contributed by atoms with E-state index in [1.807, 2.05) is 0 Å².